The first-order valence-corrected chi connectivity index (χ1v) is 4.81. The molecule has 1 amide bonds. The van der Waals surface area contributed by atoms with E-state index in [1.165, 1.54) is 0 Å². The number of fused-ring (bicyclic) bond motifs is 1. The molecule has 1 aliphatic rings. The van der Waals surface area contributed by atoms with E-state index in [0.717, 1.165) is 16.7 Å². The summed E-state index contributed by atoms with van der Waals surface area (Å²) in [5.41, 5.74) is 3.05. The van der Waals surface area contributed by atoms with Gasteiger partial charge in [0.25, 0.3) is 5.91 Å². The fourth-order valence-corrected chi connectivity index (χ4v) is 1.82. The molecule has 1 heterocycles. The molecule has 0 saturated heterocycles. The van der Waals surface area contributed by atoms with Gasteiger partial charge in [0.2, 0.25) is 0 Å². The maximum absolute atomic E-state index is 11.6. The highest BCUT2D eigenvalue weighted by atomic mass is 16.1. The predicted molar refractivity (Wildman–Crippen MR) is 55.1 cm³/mol. The number of amides is 1. The molecule has 0 saturated carbocycles. The molecule has 0 aliphatic carbocycles. The predicted octanol–water partition coefficient (Wildman–Crippen LogP) is 1.21. The zero-order valence-corrected chi connectivity index (χ0v) is 8.42. The molecule has 2 rings (SSSR count). The molecule has 1 atom stereocenters. The van der Waals surface area contributed by atoms with Crippen LogP contribution in [0.1, 0.15) is 34.5 Å². The highest BCUT2D eigenvalue weighted by Gasteiger charge is 2.23. The molecular weight excluding hydrogens is 176 g/mol. The van der Waals surface area contributed by atoms with Crippen LogP contribution in [0.5, 0.6) is 0 Å². The Bertz CT molecular complexity index is 374. The van der Waals surface area contributed by atoms with Crippen molar-refractivity contribution < 1.29 is 4.79 Å². The van der Waals surface area contributed by atoms with Gasteiger partial charge in [-0.05, 0) is 25.1 Å². The number of carbonyl (C=O) groups excluding carboxylic acids is 1. The lowest BCUT2D eigenvalue weighted by Crippen LogP contribution is -2.18. The van der Waals surface area contributed by atoms with Crippen LogP contribution in [0.15, 0.2) is 18.2 Å². The van der Waals surface area contributed by atoms with Crippen molar-refractivity contribution in [1.29, 1.82) is 0 Å². The van der Waals surface area contributed by atoms with Crippen LogP contribution in [-0.4, -0.2) is 13.0 Å². The molecule has 1 aliphatic heterocycles. The van der Waals surface area contributed by atoms with Gasteiger partial charge in [0.15, 0.2) is 0 Å². The number of rotatable bonds is 2. The summed E-state index contributed by atoms with van der Waals surface area (Å²) >= 11 is 0. The molecular formula is C11H14N2O. The summed E-state index contributed by atoms with van der Waals surface area (Å²) in [7, 11) is 1.90. The number of hydrogen-bond acceptors (Lipinski definition) is 2. The van der Waals surface area contributed by atoms with Crippen LogP contribution >= 0.6 is 0 Å². The maximum atomic E-state index is 11.6. The van der Waals surface area contributed by atoms with Gasteiger partial charge in [-0.1, -0.05) is 18.2 Å². The average molecular weight is 190 g/mol. The third-order valence-corrected chi connectivity index (χ3v) is 2.75. The van der Waals surface area contributed by atoms with Crippen LogP contribution in [0, 0.1) is 0 Å². The zero-order chi connectivity index (χ0) is 10.1. The molecule has 1 aromatic rings. The van der Waals surface area contributed by atoms with E-state index in [2.05, 4.69) is 17.6 Å². The molecule has 1 aromatic carbocycles. The average Bonchev–Trinajstić information content (AvgIpc) is 2.59. The van der Waals surface area contributed by atoms with Crippen LogP contribution in [0.25, 0.3) is 0 Å². The van der Waals surface area contributed by atoms with Gasteiger partial charge in [0, 0.05) is 18.2 Å². The Morgan fingerprint density at radius 3 is 3.00 bits per heavy atom. The summed E-state index contributed by atoms with van der Waals surface area (Å²) in [5.74, 6) is 0.0534. The minimum atomic E-state index is 0.0534. The minimum absolute atomic E-state index is 0.0534. The second-order valence-electron chi connectivity index (χ2n) is 3.57. The van der Waals surface area contributed by atoms with Crippen LogP contribution in [0.4, 0.5) is 0 Å². The summed E-state index contributed by atoms with van der Waals surface area (Å²) in [6.45, 7) is 2.72. The van der Waals surface area contributed by atoms with Crippen molar-refractivity contribution in [2.45, 2.75) is 19.5 Å². The Balaban J connectivity index is 2.52. The monoisotopic (exact) mass is 190 g/mol. The number of nitrogens with one attached hydrogen (secondary N) is 2. The molecule has 2 N–H and O–H groups in total. The van der Waals surface area contributed by atoms with Crippen molar-refractivity contribution in [3.63, 3.8) is 0 Å². The highest BCUT2D eigenvalue weighted by molar-refractivity contribution is 5.99. The van der Waals surface area contributed by atoms with Crippen molar-refractivity contribution in [1.82, 2.24) is 10.6 Å². The quantitative estimate of drug-likeness (QED) is 0.736. The van der Waals surface area contributed by atoms with Crippen molar-refractivity contribution in [2.24, 2.45) is 0 Å². The summed E-state index contributed by atoms with van der Waals surface area (Å²) < 4.78 is 0. The van der Waals surface area contributed by atoms with Gasteiger partial charge in [-0.15, -0.1) is 0 Å². The van der Waals surface area contributed by atoms with E-state index in [4.69, 9.17) is 0 Å². The third kappa shape index (κ3) is 1.30. The first-order chi connectivity index (χ1) is 6.74. The van der Waals surface area contributed by atoms with Gasteiger partial charge >= 0.3 is 0 Å². The lowest BCUT2D eigenvalue weighted by atomic mass is 9.98. The Morgan fingerprint density at radius 2 is 2.29 bits per heavy atom. The highest BCUT2D eigenvalue weighted by Crippen LogP contribution is 2.24. The molecule has 0 fully saturated rings. The van der Waals surface area contributed by atoms with Gasteiger partial charge in [0.1, 0.15) is 0 Å². The molecule has 74 valence electrons. The van der Waals surface area contributed by atoms with Crippen LogP contribution < -0.4 is 10.6 Å². The summed E-state index contributed by atoms with van der Waals surface area (Å²) in [4.78, 5) is 11.6. The summed E-state index contributed by atoms with van der Waals surface area (Å²) in [6, 6.07) is 6.22. The van der Waals surface area contributed by atoms with Gasteiger partial charge < -0.3 is 10.6 Å². The number of hydrogen-bond donors (Lipinski definition) is 2. The fraction of sp³-hybridized carbons (Fsp3) is 0.364. The smallest absolute Gasteiger partial charge is 0.252 e. The number of carbonyl (C=O) groups is 1. The first kappa shape index (κ1) is 9.21. The normalized spacial score (nSPS) is 16.3. The second kappa shape index (κ2) is 3.42. The van der Waals surface area contributed by atoms with E-state index < -0.39 is 0 Å². The Hall–Kier alpha value is -1.35. The van der Waals surface area contributed by atoms with Gasteiger partial charge in [-0.2, -0.15) is 0 Å². The lowest BCUT2D eigenvalue weighted by molar-refractivity contribution is 0.0964. The molecule has 0 aromatic heterocycles. The van der Waals surface area contributed by atoms with E-state index in [1.807, 2.05) is 25.2 Å². The molecule has 1 unspecified atom stereocenters. The van der Waals surface area contributed by atoms with E-state index in [1.54, 1.807) is 0 Å². The largest absolute Gasteiger partial charge is 0.348 e. The van der Waals surface area contributed by atoms with Crippen LogP contribution in [-0.2, 0) is 6.54 Å². The van der Waals surface area contributed by atoms with Crippen LogP contribution in [0.2, 0.25) is 0 Å². The van der Waals surface area contributed by atoms with E-state index in [0.29, 0.717) is 6.54 Å². The van der Waals surface area contributed by atoms with Gasteiger partial charge in [-0.3, -0.25) is 4.79 Å². The van der Waals surface area contributed by atoms with Crippen molar-refractivity contribution in [2.75, 3.05) is 7.05 Å². The maximum Gasteiger partial charge on any atom is 0.252 e. The Kier molecular flexibility index (Phi) is 2.25. The van der Waals surface area contributed by atoms with Gasteiger partial charge in [0.05, 0.1) is 0 Å². The van der Waals surface area contributed by atoms with Crippen LogP contribution in [0.3, 0.4) is 0 Å². The fourth-order valence-electron chi connectivity index (χ4n) is 1.82. The third-order valence-electron chi connectivity index (χ3n) is 2.75. The molecule has 0 spiro atoms. The Labute approximate surface area is 83.5 Å². The van der Waals surface area contributed by atoms with Crippen molar-refractivity contribution in [3.8, 4) is 0 Å². The number of benzene rings is 1. The van der Waals surface area contributed by atoms with E-state index in [9.17, 15) is 4.79 Å². The second-order valence-corrected chi connectivity index (χ2v) is 3.57. The summed E-state index contributed by atoms with van der Waals surface area (Å²) in [5, 5.41) is 5.99. The first-order valence-electron chi connectivity index (χ1n) is 4.81. The zero-order valence-electron chi connectivity index (χ0n) is 8.42. The SMILES string of the molecule is CNC(C)c1cccc2c1C(=O)NC2. The topological polar surface area (TPSA) is 41.1 Å². The Morgan fingerprint density at radius 1 is 1.50 bits per heavy atom. The van der Waals surface area contributed by atoms with Crippen molar-refractivity contribution in [3.05, 3.63) is 34.9 Å². The summed E-state index contributed by atoms with van der Waals surface area (Å²) in [6.07, 6.45) is 0. The molecule has 0 radical (unpaired) electrons. The molecule has 3 heteroatoms. The molecule has 3 nitrogen and oxygen atoms in total. The van der Waals surface area contributed by atoms with Gasteiger partial charge in [-0.25, -0.2) is 0 Å². The standard InChI is InChI=1S/C11H14N2O/c1-7(12-2)9-5-3-4-8-6-13-11(14)10(8)9/h3-5,7,12H,6H2,1-2H3,(H,13,14). The molecule has 0 bridgehead atoms. The minimum Gasteiger partial charge on any atom is -0.348 e. The van der Waals surface area contributed by atoms with E-state index in [-0.39, 0.29) is 11.9 Å². The van der Waals surface area contributed by atoms with E-state index >= 15 is 0 Å². The lowest BCUT2D eigenvalue weighted by Gasteiger charge is -2.13. The van der Waals surface area contributed by atoms with Crippen molar-refractivity contribution >= 4 is 5.91 Å². The molecule has 14 heavy (non-hydrogen) atoms.